The quantitative estimate of drug-likeness (QED) is 0.373. The Morgan fingerprint density at radius 3 is 2.40 bits per heavy atom. The predicted molar refractivity (Wildman–Crippen MR) is 115 cm³/mol. The largest absolute Gasteiger partial charge is 0.356 e. The van der Waals surface area contributed by atoms with E-state index in [-0.39, 0.29) is 35.3 Å². The van der Waals surface area contributed by atoms with E-state index in [0.29, 0.717) is 6.54 Å². The topological polar surface area (TPSA) is 56.7 Å². The van der Waals surface area contributed by atoms with Crippen LogP contribution in [0.3, 0.4) is 0 Å². The molecule has 0 aromatic rings. The van der Waals surface area contributed by atoms with Crippen LogP contribution < -0.4 is 10.6 Å². The summed E-state index contributed by atoms with van der Waals surface area (Å²) in [6.45, 7) is 4.03. The second kappa shape index (κ2) is 10.6. The molecular weight excluding hydrogens is 427 g/mol. The molecule has 0 heterocycles. The molecule has 0 aromatic carbocycles. The molecule has 5 nitrogen and oxygen atoms in total. The highest BCUT2D eigenvalue weighted by Crippen LogP contribution is 2.38. The van der Waals surface area contributed by atoms with Gasteiger partial charge in [0.2, 0.25) is 5.91 Å². The average molecular weight is 464 g/mol. The van der Waals surface area contributed by atoms with Crippen molar-refractivity contribution in [2.45, 2.75) is 58.3 Å². The van der Waals surface area contributed by atoms with E-state index < -0.39 is 0 Å². The first-order chi connectivity index (χ1) is 11.5. The van der Waals surface area contributed by atoms with Gasteiger partial charge in [-0.2, -0.15) is 0 Å². The number of nitrogens with one attached hydrogen (secondary N) is 2. The normalized spacial score (nSPS) is 25.8. The Hall–Kier alpha value is -0.530. The molecule has 146 valence electrons. The molecule has 2 saturated carbocycles. The summed E-state index contributed by atoms with van der Waals surface area (Å²) in [6, 6.07) is 0. The van der Waals surface area contributed by atoms with Gasteiger partial charge in [-0.25, -0.2) is 0 Å². The third-order valence-electron chi connectivity index (χ3n) is 5.84. The predicted octanol–water partition coefficient (Wildman–Crippen LogP) is 3.24. The van der Waals surface area contributed by atoms with Crippen molar-refractivity contribution in [2.24, 2.45) is 22.2 Å². The Bertz CT molecular complexity index is 447. The van der Waals surface area contributed by atoms with Crippen molar-refractivity contribution in [1.29, 1.82) is 0 Å². The summed E-state index contributed by atoms with van der Waals surface area (Å²) in [7, 11) is 5.54. The van der Waals surface area contributed by atoms with Gasteiger partial charge in [0.05, 0.1) is 5.41 Å². The highest BCUT2D eigenvalue weighted by atomic mass is 127. The summed E-state index contributed by atoms with van der Waals surface area (Å²) in [5.41, 5.74) is -0.250. The molecule has 0 bridgehead atoms. The van der Waals surface area contributed by atoms with Crippen LogP contribution in [0.15, 0.2) is 4.99 Å². The Labute approximate surface area is 170 Å². The van der Waals surface area contributed by atoms with Crippen LogP contribution >= 0.6 is 24.0 Å². The molecule has 0 radical (unpaired) electrons. The average Bonchev–Trinajstić information content (AvgIpc) is 3.04. The van der Waals surface area contributed by atoms with Crippen LogP contribution in [-0.4, -0.2) is 51.0 Å². The molecule has 2 aliphatic carbocycles. The Kier molecular flexibility index (Phi) is 9.52. The molecule has 2 fully saturated rings. The van der Waals surface area contributed by atoms with Gasteiger partial charge in [0.25, 0.3) is 0 Å². The minimum Gasteiger partial charge on any atom is -0.356 e. The number of amides is 1. The molecule has 2 N–H and O–H groups in total. The van der Waals surface area contributed by atoms with Gasteiger partial charge in [-0.15, -0.1) is 24.0 Å². The van der Waals surface area contributed by atoms with Gasteiger partial charge in [0, 0.05) is 34.2 Å². The van der Waals surface area contributed by atoms with E-state index in [2.05, 4.69) is 22.5 Å². The fourth-order valence-corrected chi connectivity index (χ4v) is 4.45. The van der Waals surface area contributed by atoms with E-state index in [1.807, 2.05) is 21.1 Å². The SMILES string of the molecule is CN=C(NCC1CCCC(C)C1)NCC1(C(=O)N(C)C)CCCC1.I. The number of halogens is 1. The van der Waals surface area contributed by atoms with Crippen LogP contribution in [0.4, 0.5) is 0 Å². The standard InChI is InChI=1S/C19H36N4O.HI/c1-15-8-7-9-16(12-15)13-21-18(20-2)22-14-19(10-5-6-11-19)17(24)23(3)4;/h15-16H,5-14H2,1-4H3,(H2,20,21,22);1H. The molecule has 0 saturated heterocycles. The van der Waals surface area contributed by atoms with Gasteiger partial charge in [0.1, 0.15) is 0 Å². The highest BCUT2D eigenvalue weighted by molar-refractivity contribution is 14.0. The first-order valence-electron chi connectivity index (χ1n) is 9.63. The van der Waals surface area contributed by atoms with Crippen LogP contribution in [-0.2, 0) is 4.79 Å². The van der Waals surface area contributed by atoms with Crippen LogP contribution in [0, 0.1) is 17.3 Å². The minimum atomic E-state index is -0.250. The lowest BCUT2D eigenvalue weighted by atomic mass is 9.82. The number of aliphatic imine (C=N–C) groups is 1. The van der Waals surface area contributed by atoms with Gasteiger partial charge >= 0.3 is 0 Å². The maximum absolute atomic E-state index is 12.6. The Morgan fingerprint density at radius 1 is 1.16 bits per heavy atom. The van der Waals surface area contributed by atoms with Crippen molar-refractivity contribution >= 4 is 35.8 Å². The van der Waals surface area contributed by atoms with Crippen molar-refractivity contribution in [3.05, 3.63) is 0 Å². The molecular formula is C19H37IN4O. The summed E-state index contributed by atoms with van der Waals surface area (Å²) in [5, 5.41) is 6.91. The maximum atomic E-state index is 12.6. The van der Waals surface area contributed by atoms with Crippen molar-refractivity contribution in [1.82, 2.24) is 15.5 Å². The molecule has 0 aromatic heterocycles. The van der Waals surface area contributed by atoms with Crippen molar-refractivity contribution in [3.63, 3.8) is 0 Å². The molecule has 1 amide bonds. The summed E-state index contributed by atoms with van der Waals surface area (Å²) in [5.74, 6) is 2.69. The summed E-state index contributed by atoms with van der Waals surface area (Å²) < 4.78 is 0. The van der Waals surface area contributed by atoms with Crippen molar-refractivity contribution in [3.8, 4) is 0 Å². The van der Waals surface area contributed by atoms with Gasteiger partial charge in [-0.3, -0.25) is 9.79 Å². The highest BCUT2D eigenvalue weighted by Gasteiger charge is 2.42. The fourth-order valence-electron chi connectivity index (χ4n) is 4.45. The van der Waals surface area contributed by atoms with Gasteiger partial charge in [-0.05, 0) is 37.5 Å². The van der Waals surface area contributed by atoms with Crippen molar-refractivity contribution < 1.29 is 4.79 Å². The lowest BCUT2D eigenvalue weighted by Gasteiger charge is -2.32. The molecule has 2 atom stereocenters. The van der Waals surface area contributed by atoms with E-state index >= 15 is 0 Å². The second-order valence-corrected chi connectivity index (χ2v) is 8.13. The fraction of sp³-hybridized carbons (Fsp3) is 0.895. The van der Waals surface area contributed by atoms with E-state index in [0.717, 1.165) is 50.0 Å². The van der Waals surface area contributed by atoms with Crippen LogP contribution in [0.2, 0.25) is 0 Å². The summed E-state index contributed by atoms with van der Waals surface area (Å²) in [4.78, 5) is 18.7. The molecule has 25 heavy (non-hydrogen) atoms. The lowest BCUT2D eigenvalue weighted by molar-refractivity contribution is -0.138. The third-order valence-corrected chi connectivity index (χ3v) is 5.84. The van der Waals surface area contributed by atoms with E-state index in [9.17, 15) is 4.79 Å². The molecule has 2 unspecified atom stereocenters. The summed E-state index contributed by atoms with van der Waals surface area (Å²) >= 11 is 0. The number of guanidine groups is 1. The first kappa shape index (κ1) is 22.5. The van der Waals surface area contributed by atoms with Crippen LogP contribution in [0.25, 0.3) is 0 Å². The number of hydrogen-bond donors (Lipinski definition) is 2. The molecule has 6 heteroatoms. The van der Waals surface area contributed by atoms with Gasteiger partial charge < -0.3 is 15.5 Å². The molecule has 2 aliphatic rings. The first-order valence-corrected chi connectivity index (χ1v) is 9.63. The van der Waals surface area contributed by atoms with E-state index in [1.54, 1.807) is 4.90 Å². The van der Waals surface area contributed by atoms with Crippen LogP contribution in [0.1, 0.15) is 58.3 Å². The van der Waals surface area contributed by atoms with Crippen LogP contribution in [0.5, 0.6) is 0 Å². The number of carbonyl (C=O) groups is 1. The number of rotatable bonds is 5. The number of nitrogens with zero attached hydrogens (tertiary/aromatic N) is 2. The zero-order valence-electron chi connectivity index (χ0n) is 16.4. The molecule has 0 spiro atoms. The van der Waals surface area contributed by atoms with E-state index in [1.165, 1.54) is 25.7 Å². The van der Waals surface area contributed by atoms with E-state index in [4.69, 9.17) is 0 Å². The molecule has 2 rings (SSSR count). The summed E-state index contributed by atoms with van der Waals surface area (Å²) in [6.07, 6.45) is 9.60. The Morgan fingerprint density at radius 2 is 1.84 bits per heavy atom. The molecule has 0 aliphatic heterocycles. The maximum Gasteiger partial charge on any atom is 0.230 e. The van der Waals surface area contributed by atoms with Gasteiger partial charge in [0.15, 0.2) is 5.96 Å². The smallest absolute Gasteiger partial charge is 0.230 e. The number of carbonyl (C=O) groups excluding carboxylic acids is 1. The Balaban J connectivity index is 0.00000312. The number of hydrogen-bond acceptors (Lipinski definition) is 2. The zero-order chi connectivity index (χ0) is 17.6. The third kappa shape index (κ3) is 6.29. The monoisotopic (exact) mass is 464 g/mol. The minimum absolute atomic E-state index is 0. The zero-order valence-corrected chi connectivity index (χ0v) is 18.8. The van der Waals surface area contributed by atoms with Crippen molar-refractivity contribution in [2.75, 3.05) is 34.2 Å². The van der Waals surface area contributed by atoms with Gasteiger partial charge in [-0.1, -0.05) is 32.6 Å². The lowest BCUT2D eigenvalue weighted by Crippen LogP contribution is -2.49. The second-order valence-electron chi connectivity index (χ2n) is 8.13.